The van der Waals surface area contributed by atoms with Gasteiger partial charge in [-0.2, -0.15) is 0 Å². The van der Waals surface area contributed by atoms with Gasteiger partial charge in [0.05, 0.1) is 17.6 Å². The Morgan fingerprint density at radius 1 is 1.18 bits per heavy atom. The minimum atomic E-state index is -1.47. The highest BCUT2D eigenvalue weighted by atomic mass is 19.2. The summed E-state index contributed by atoms with van der Waals surface area (Å²) in [6, 6.07) is 2.10. The van der Waals surface area contributed by atoms with Crippen molar-refractivity contribution in [3.8, 4) is 0 Å². The van der Waals surface area contributed by atoms with Crippen LogP contribution in [0.4, 0.5) is 17.6 Å². The van der Waals surface area contributed by atoms with Crippen molar-refractivity contribution in [2.24, 2.45) is 5.92 Å². The van der Waals surface area contributed by atoms with E-state index in [9.17, 15) is 17.6 Å². The minimum Gasteiger partial charge on any atom is -0.383 e. The van der Waals surface area contributed by atoms with Crippen molar-refractivity contribution in [3.05, 3.63) is 40.7 Å². The molecule has 6 heteroatoms. The molecule has 0 heterocycles. The molecule has 0 saturated carbocycles. The van der Waals surface area contributed by atoms with E-state index in [1.165, 1.54) is 13.2 Å². The van der Waals surface area contributed by atoms with E-state index in [0.29, 0.717) is 12.5 Å². The van der Waals surface area contributed by atoms with E-state index in [4.69, 9.17) is 4.74 Å². The maximum absolute atomic E-state index is 14.5. The number of methoxy groups -OCH3 is 1. The molecule has 0 saturated heterocycles. The Balaban J connectivity index is 2.49. The molecule has 0 amide bonds. The molecule has 122 valence electrons. The van der Waals surface area contributed by atoms with E-state index in [2.05, 4.69) is 5.32 Å². The van der Waals surface area contributed by atoms with Crippen LogP contribution in [0.2, 0.25) is 0 Å². The second kappa shape index (κ2) is 6.38. The highest BCUT2D eigenvalue weighted by molar-refractivity contribution is 5.75. The third-order valence-electron chi connectivity index (χ3n) is 3.81. The summed E-state index contributed by atoms with van der Waals surface area (Å²) in [5, 5.41) is 3.04. The Labute approximate surface area is 127 Å². The first kappa shape index (κ1) is 17.0. The van der Waals surface area contributed by atoms with E-state index >= 15 is 0 Å². The lowest BCUT2D eigenvalue weighted by Gasteiger charge is -2.30. The average molecular weight is 317 g/mol. The van der Waals surface area contributed by atoms with Crippen LogP contribution >= 0.6 is 0 Å². The van der Waals surface area contributed by atoms with E-state index in [1.54, 1.807) is 0 Å². The smallest absolute Gasteiger partial charge is 0.169 e. The second-order valence-corrected chi connectivity index (χ2v) is 5.95. The summed E-state index contributed by atoms with van der Waals surface area (Å²) in [6.07, 6.45) is 0. The van der Waals surface area contributed by atoms with Gasteiger partial charge in [0.15, 0.2) is 23.3 Å². The standard InChI is InChI=1S/C16H19F4NO/c1-9(2)6-21-7-16(8-22-3)10-4-5-11(17)13(18)12(10)14(19)15(16)20/h4-5,9,21H,6-8H2,1-3H3. The van der Waals surface area contributed by atoms with Crippen molar-refractivity contribution >= 4 is 5.83 Å². The van der Waals surface area contributed by atoms with Gasteiger partial charge in [-0.15, -0.1) is 0 Å². The molecule has 1 unspecified atom stereocenters. The number of hydrogen-bond acceptors (Lipinski definition) is 2. The lowest BCUT2D eigenvalue weighted by molar-refractivity contribution is 0.133. The predicted octanol–water partition coefficient (Wildman–Crippen LogP) is 3.72. The largest absolute Gasteiger partial charge is 0.383 e. The molecule has 2 rings (SSSR count). The normalized spacial score (nSPS) is 20.9. The van der Waals surface area contributed by atoms with Crippen LogP contribution in [-0.2, 0) is 10.2 Å². The van der Waals surface area contributed by atoms with Crippen molar-refractivity contribution in [1.82, 2.24) is 5.32 Å². The van der Waals surface area contributed by atoms with Gasteiger partial charge in [0.1, 0.15) is 0 Å². The average Bonchev–Trinajstić information content (AvgIpc) is 2.66. The molecule has 1 aliphatic carbocycles. The number of halogens is 4. The highest BCUT2D eigenvalue weighted by Crippen LogP contribution is 2.49. The molecular formula is C16H19F4NO. The number of fused-ring (bicyclic) bond motifs is 1. The number of rotatable bonds is 6. The Morgan fingerprint density at radius 3 is 2.45 bits per heavy atom. The van der Waals surface area contributed by atoms with Crippen LogP contribution in [0.5, 0.6) is 0 Å². The lowest BCUT2D eigenvalue weighted by Crippen LogP contribution is -2.42. The van der Waals surface area contributed by atoms with Crippen molar-refractivity contribution in [1.29, 1.82) is 0 Å². The summed E-state index contributed by atoms with van der Waals surface area (Å²) >= 11 is 0. The van der Waals surface area contributed by atoms with E-state index < -0.39 is 34.3 Å². The summed E-state index contributed by atoms with van der Waals surface area (Å²) < 4.78 is 61.0. The quantitative estimate of drug-likeness (QED) is 0.808. The molecule has 0 spiro atoms. The van der Waals surface area contributed by atoms with Gasteiger partial charge < -0.3 is 10.1 Å². The maximum Gasteiger partial charge on any atom is 0.169 e. The summed E-state index contributed by atoms with van der Waals surface area (Å²) in [5.74, 6) is -4.74. The first-order valence-corrected chi connectivity index (χ1v) is 7.09. The van der Waals surface area contributed by atoms with E-state index in [0.717, 1.165) is 6.07 Å². The number of hydrogen-bond donors (Lipinski definition) is 1. The molecule has 0 bridgehead atoms. The van der Waals surface area contributed by atoms with Crippen LogP contribution in [0.25, 0.3) is 5.83 Å². The summed E-state index contributed by atoms with van der Waals surface area (Å²) in [5.41, 5.74) is -2.04. The van der Waals surface area contributed by atoms with Gasteiger partial charge >= 0.3 is 0 Å². The lowest BCUT2D eigenvalue weighted by atomic mass is 9.82. The minimum absolute atomic E-state index is 0.0380. The molecule has 1 aliphatic rings. The zero-order valence-electron chi connectivity index (χ0n) is 12.8. The van der Waals surface area contributed by atoms with Gasteiger partial charge in [-0.05, 0) is 24.1 Å². The van der Waals surface area contributed by atoms with Gasteiger partial charge in [0, 0.05) is 13.7 Å². The topological polar surface area (TPSA) is 21.3 Å². The third-order valence-corrected chi connectivity index (χ3v) is 3.81. The molecule has 0 radical (unpaired) electrons. The van der Waals surface area contributed by atoms with Crippen LogP contribution in [0.15, 0.2) is 18.0 Å². The SMILES string of the molecule is COCC1(CNCC(C)C)C(F)=C(F)c2c1ccc(F)c2F. The van der Waals surface area contributed by atoms with Crippen LogP contribution in [0.1, 0.15) is 25.0 Å². The van der Waals surface area contributed by atoms with Crippen LogP contribution in [0.3, 0.4) is 0 Å². The van der Waals surface area contributed by atoms with Crippen molar-refractivity contribution in [2.75, 3.05) is 26.8 Å². The maximum atomic E-state index is 14.5. The molecule has 2 nitrogen and oxygen atoms in total. The molecule has 1 aromatic carbocycles. The summed E-state index contributed by atoms with van der Waals surface area (Å²) in [4.78, 5) is 0. The van der Waals surface area contributed by atoms with Gasteiger partial charge in [-0.1, -0.05) is 19.9 Å². The molecule has 1 aromatic rings. The van der Waals surface area contributed by atoms with Crippen LogP contribution < -0.4 is 5.32 Å². The van der Waals surface area contributed by atoms with Gasteiger partial charge in [0.25, 0.3) is 0 Å². The predicted molar refractivity (Wildman–Crippen MR) is 76.8 cm³/mol. The van der Waals surface area contributed by atoms with Crippen LogP contribution in [0, 0.1) is 17.6 Å². The monoisotopic (exact) mass is 317 g/mol. The Morgan fingerprint density at radius 2 is 1.86 bits per heavy atom. The second-order valence-electron chi connectivity index (χ2n) is 5.95. The zero-order valence-corrected chi connectivity index (χ0v) is 12.8. The molecule has 1 N–H and O–H groups in total. The molecule has 22 heavy (non-hydrogen) atoms. The Bertz CT molecular complexity index is 600. The Kier molecular flexibility index (Phi) is 4.92. The van der Waals surface area contributed by atoms with Gasteiger partial charge in [-0.3, -0.25) is 0 Å². The fraction of sp³-hybridized carbons (Fsp3) is 0.500. The molecule has 0 aliphatic heterocycles. The van der Waals surface area contributed by atoms with Crippen LogP contribution in [-0.4, -0.2) is 26.8 Å². The summed E-state index contributed by atoms with van der Waals surface area (Å²) in [6.45, 7) is 4.39. The zero-order chi connectivity index (χ0) is 16.5. The number of benzene rings is 1. The first-order valence-electron chi connectivity index (χ1n) is 7.09. The fourth-order valence-electron chi connectivity index (χ4n) is 2.79. The van der Waals surface area contributed by atoms with Gasteiger partial charge in [-0.25, -0.2) is 17.6 Å². The Hall–Kier alpha value is -1.40. The van der Waals surface area contributed by atoms with Crippen molar-refractivity contribution < 1.29 is 22.3 Å². The van der Waals surface area contributed by atoms with Crippen molar-refractivity contribution in [2.45, 2.75) is 19.3 Å². The van der Waals surface area contributed by atoms with E-state index in [-0.39, 0.29) is 18.7 Å². The highest BCUT2D eigenvalue weighted by Gasteiger charge is 2.48. The van der Waals surface area contributed by atoms with Crippen molar-refractivity contribution in [3.63, 3.8) is 0 Å². The summed E-state index contributed by atoms with van der Waals surface area (Å²) in [7, 11) is 1.35. The fourth-order valence-corrected chi connectivity index (χ4v) is 2.79. The number of ether oxygens (including phenoxy) is 1. The molecular weight excluding hydrogens is 298 g/mol. The van der Waals surface area contributed by atoms with E-state index in [1.807, 2.05) is 13.8 Å². The van der Waals surface area contributed by atoms with Gasteiger partial charge in [0.2, 0.25) is 0 Å². The molecule has 1 atom stereocenters. The first-order chi connectivity index (χ1) is 10.3. The third kappa shape index (κ3) is 2.65. The number of nitrogens with one attached hydrogen (secondary N) is 1. The molecule has 0 aromatic heterocycles. The molecule has 0 fully saturated rings.